The number of carbonyl (C=O) groups is 4. The number of fused-ring (bicyclic) bond motifs is 1. The minimum atomic E-state index is -1.87. The number of amides is 2. The first-order chi connectivity index (χ1) is 18.9. The van der Waals surface area contributed by atoms with E-state index in [1.165, 1.54) is 55.5 Å². The minimum Gasteiger partial charge on any atom is -0.480 e. The normalized spacial score (nSPS) is 23.8. The Morgan fingerprint density at radius 3 is 2.23 bits per heavy atom. The Kier molecular flexibility index (Phi) is 6.59. The van der Waals surface area contributed by atoms with Crippen molar-refractivity contribution in [3.05, 3.63) is 105 Å². The van der Waals surface area contributed by atoms with Crippen LogP contribution in [0.1, 0.15) is 45.6 Å². The number of aryl methyl sites for hydroxylation is 2. The molecule has 10 heteroatoms. The van der Waals surface area contributed by atoms with Crippen LogP contribution in [-0.4, -0.2) is 39.1 Å². The molecular formula is C30H27N3O7. The van der Waals surface area contributed by atoms with E-state index in [4.69, 9.17) is 0 Å². The maximum absolute atomic E-state index is 14.0. The smallest absolute Gasteiger partial charge is 0.325 e. The van der Waals surface area contributed by atoms with Gasteiger partial charge in [0.15, 0.2) is 5.78 Å². The van der Waals surface area contributed by atoms with Gasteiger partial charge in [0.25, 0.3) is 5.69 Å². The van der Waals surface area contributed by atoms with Gasteiger partial charge in [-0.25, -0.2) is 4.90 Å². The zero-order valence-electron chi connectivity index (χ0n) is 22.1. The Morgan fingerprint density at radius 2 is 1.65 bits per heavy atom. The fourth-order valence-corrected chi connectivity index (χ4v) is 5.96. The number of ketones is 1. The van der Waals surface area contributed by atoms with E-state index in [2.05, 4.69) is 5.32 Å². The SMILES string of the molecule is CC(=O)c1ccc(N2C(=O)C3C(c4cc(C)ccc4C)NC(Cc4ccc([N+](=O)[O-])cc4)(C(=O)O)C3C2=O)cc1. The van der Waals surface area contributed by atoms with Gasteiger partial charge in [0.05, 0.1) is 22.4 Å². The number of nitro benzene ring substituents is 1. The molecule has 0 radical (unpaired) electrons. The zero-order chi connectivity index (χ0) is 28.9. The lowest BCUT2D eigenvalue weighted by Gasteiger charge is -2.31. The van der Waals surface area contributed by atoms with Gasteiger partial charge in [-0.05, 0) is 61.7 Å². The summed E-state index contributed by atoms with van der Waals surface area (Å²) in [5.74, 6) is -4.94. The van der Waals surface area contributed by atoms with E-state index >= 15 is 0 Å². The number of nitro groups is 1. The molecule has 0 bridgehead atoms. The highest BCUT2D eigenvalue weighted by molar-refractivity contribution is 6.24. The monoisotopic (exact) mass is 541 g/mol. The molecule has 5 rings (SSSR count). The highest BCUT2D eigenvalue weighted by Gasteiger charge is 2.68. The number of rotatable bonds is 7. The molecule has 2 aliphatic heterocycles. The molecule has 2 saturated heterocycles. The number of nitrogens with zero attached hydrogens (tertiary/aromatic N) is 2. The Labute approximate surface area is 229 Å². The van der Waals surface area contributed by atoms with Gasteiger partial charge >= 0.3 is 5.97 Å². The van der Waals surface area contributed by atoms with Crippen LogP contribution >= 0.6 is 0 Å². The van der Waals surface area contributed by atoms with E-state index in [-0.39, 0.29) is 23.6 Å². The minimum absolute atomic E-state index is 0.147. The number of benzene rings is 3. The van der Waals surface area contributed by atoms with Crippen LogP contribution in [0.4, 0.5) is 11.4 Å². The molecule has 4 atom stereocenters. The molecular weight excluding hydrogens is 514 g/mol. The molecule has 40 heavy (non-hydrogen) atoms. The average molecular weight is 542 g/mol. The summed E-state index contributed by atoms with van der Waals surface area (Å²) >= 11 is 0. The number of carboxylic acid groups (broad SMARTS) is 1. The van der Waals surface area contributed by atoms with Crippen LogP contribution in [0.5, 0.6) is 0 Å². The molecule has 2 heterocycles. The van der Waals surface area contributed by atoms with Crippen LogP contribution in [0.15, 0.2) is 66.7 Å². The van der Waals surface area contributed by atoms with Gasteiger partial charge < -0.3 is 5.11 Å². The molecule has 2 amide bonds. The predicted octanol–water partition coefficient (Wildman–Crippen LogP) is 3.93. The fourth-order valence-electron chi connectivity index (χ4n) is 5.96. The molecule has 0 aliphatic carbocycles. The standard InChI is InChI=1S/C30H27N3O7/c1-16-4-5-17(2)23(14-16)26-24-25(28(36)32(27(24)35)21-12-8-20(9-13-21)18(3)34)30(31-26,29(37)38)15-19-6-10-22(11-7-19)33(39)40/h4-14,24-26,31H,15H2,1-3H3,(H,37,38). The Balaban J connectivity index is 1.64. The number of Topliss-reactive ketones (excluding diaryl/α,β-unsaturated/α-hetero) is 1. The second-order valence-electron chi connectivity index (χ2n) is 10.5. The van der Waals surface area contributed by atoms with Gasteiger partial charge in [-0.1, -0.05) is 35.9 Å². The van der Waals surface area contributed by atoms with Gasteiger partial charge in [-0.15, -0.1) is 0 Å². The summed E-state index contributed by atoms with van der Waals surface area (Å²) in [4.78, 5) is 64.5. The topological polar surface area (TPSA) is 147 Å². The summed E-state index contributed by atoms with van der Waals surface area (Å²) in [5, 5.41) is 25.0. The second-order valence-corrected chi connectivity index (χ2v) is 10.5. The van der Waals surface area contributed by atoms with E-state index in [0.717, 1.165) is 21.6 Å². The van der Waals surface area contributed by atoms with Crippen LogP contribution < -0.4 is 10.2 Å². The summed E-state index contributed by atoms with van der Waals surface area (Å²) in [6.07, 6.45) is -0.182. The van der Waals surface area contributed by atoms with Gasteiger partial charge in [0.2, 0.25) is 11.8 Å². The van der Waals surface area contributed by atoms with Crippen molar-refractivity contribution in [1.82, 2.24) is 5.32 Å². The maximum Gasteiger partial charge on any atom is 0.325 e. The van der Waals surface area contributed by atoms with E-state index < -0.39 is 46.1 Å². The van der Waals surface area contributed by atoms with Crippen molar-refractivity contribution in [2.45, 2.75) is 38.8 Å². The number of hydrogen-bond acceptors (Lipinski definition) is 7. The summed E-state index contributed by atoms with van der Waals surface area (Å²) in [5.41, 5.74) is 1.58. The first-order valence-electron chi connectivity index (χ1n) is 12.7. The summed E-state index contributed by atoms with van der Waals surface area (Å²) in [6, 6.07) is 16.5. The molecule has 0 aromatic heterocycles. The number of anilines is 1. The molecule has 10 nitrogen and oxygen atoms in total. The fraction of sp³-hybridized carbons (Fsp3) is 0.267. The third-order valence-corrected chi connectivity index (χ3v) is 7.97. The summed E-state index contributed by atoms with van der Waals surface area (Å²) in [7, 11) is 0. The van der Waals surface area contributed by atoms with Crippen molar-refractivity contribution in [3.8, 4) is 0 Å². The van der Waals surface area contributed by atoms with Crippen LogP contribution in [0.25, 0.3) is 0 Å². The molecule has 4 unspecified atom stereocenters. The van der Waals surface area contributed by atoms with Gasteiger partial charge in [-0.3, -0.25) is 34.6 Å². The summed E-state index contributed by atoms with van der Waals surface area (Å²) in [6.45, 7) is 5.16. The Morgan fingerprint density at radius 1 is 1.00 bits per heavy atom. The number of nitrogens with one attached hydrogen (secondary N) is 1. The van der Waals surface area contributed by atoms with Crippen molar-refractivity contribution in [2.75, 3.05) is 4.90 Å². The summed E-state index contributed by atoms with van der Waals surface area (Å²) < 4.78 is 0. The van der Waals surface area contributed by atoms with Gasteiger partial charge in [0.1, 0.15) is 5.54 Å². The van der Waals surface area contributed by atoms with Crippen LogP contribution in [0.3, 0.4) is 0 Å². The van der Waals surface area contributed by atoms with Crippen molar-refractivity contribution in [2.24, 2.45) is 11.8 Å². The van der Waals surface area contributed by atoms with Crippen LogP contribution in [0.2, 0.25) is 0 Å². The Bertz CT molecular complexity index is 1570. The molecule has 0 saturated carbocycles. The maximum atomic E-state index is 14.0. The lowest BCUT2D eigenvalue weighted by Crippen LogP contribution is -2.57. The average Bonchev–Trinajstić information content (AvgIpc) is 3.39. The van der Waals surface area contributed by atoms with Gasteiger partial charge in [0, 0.05) is 30.2 Å². The van der Waals surface area contributed by atoms with Crippen LogP contribution in [0, 0.1) is 35.8 Å². The highest BCUT2D eigenvalue weighted by Crippen LogP contribution is 2.51. The van der Waals surface area contributed by atoms with Gasteiger partial charge in [-0.2, -0.15) is 0 Å². The third kappa shape index (κ3) is 4.26. The highest BCUT2D eigenvalue weighted by atomic mass is 16.6. The number of hydrogen-bond donors (Lipinski definition) is 2. The molecule has 2 fully saturated rings. The zero-order valence-corrected chi connectivity index (χ0v) is 22.1. The largest absolute Gasteiger partial charge is 0.480 e. The van der Waals surface area contributed by atoms with E-state index in [0.29, 0.717) is 11.1 Å². The molecule has 0 spiro atoms. The van der Waals surface area contributed by atoms with Crippen molar-refractivity contribution >= 4 is 34.9 Å². The number of carbonyl (C=O) groups excluding carboxylic acids is 3. The van der Waals surface area contributed by atoms with E-state index in [1.54, 1.807) is 0 Å². The van der Waals surface area contributed by atoms with Crippen LogP contribution in [-0.2, 0) is 20.8 Å². The molecule has 3 aromatic carbocycles. The number of aliphatic carboxylic acids is 1. The van der Waals surface area contributed by atoms with Crippen molar-refractivity contribution in [1.29, 1.82) is 0 Å². The number of imide groups is 1. The Hall–Kier alpha value is -4.70. The quantitative estimate of drug-likeness (QED) is 0.198. The predicted molar refractivity (Wildman–Crippen MR) is 145 cm³/mol. The number of carboxylic acids is 1. The lowest BCUT2D eigenvalue weighted by atomic mass is 9.76. The van der Waals surface area contributed by atoms with E-state index in [1.807, 2.05) is 32.0 Å². The molecule has 2 aliphatic rings. The lowest BCUT2D eigenvalue weighted by molar-refractivity contribution is -0.384. The van der Waals surface area contributed by atoms with E-state index in [9.17, 15) is 34.4 Å². The first-order valence-corrected chi connectivity index (χ1v) is 12.7. The second kappa shape index (κ2) is 9.80. The molecule has 3 aromatic rings. The molecule has 2 N–H and O–H groups in total. The number of non-ortho nitro benzene ring substituents is 1. The van der Waals surface area contributed by atoms with Crippen molar-refractivity contribution in [3.63, 3.8) is 0 Å². The first kappa shape index (κ1) is 26.9. The third-order valence-electron chi connectivity index (χ3n) is 7.97. The molecule has 204 valence electrons. The van der Waals surface area contributed by atoms with Crippen molar-refractivity contribution < 1.29 is 29.2 Å².